The number of hydrogen-bond acceptors (Lipinski definition) is 45. The van der Waals surface area contributed by atoms with Crippen LogP contribution in [0.25, 0.3) is 24.3 Å². The van der Waals surface area contributed by atoms with Gasteiger partial charge in [0.1, 0.15) is 183 Å². The molecule has 0 aromatic heterocycles. The van der Waals surface area contributed by atoms with Gasteiger partial charge >= 0.3 is 17.9 Å². The molecular weight excluding hydrogens is 1670 g/mol. The lowest BCUT2D eigenvalue weighted by Gasteiger charge is -2.46. The monoisotopic (exact) mass is 1760 g/mol. The van der Waals surface area contributed by atoms with E-state index in [1.54, 1.807) is 0 Å². The van der Waals surface area contributed by atoms with Crippen molar-refractivity contribution in [1.29, 1.82) is 0 Å². The number of aliphatic hydroxyl groups excluding tert-OH is 20. The second-order valence-electron chi connectivity index (χ2n) is 29.2. The number of carbonyl (C=O) groups excluding carboxylic acids is 3. The molecule has 45 nitrogen and oxygen atoms in total. The van der Waals surface area contributed by atoms with Crippen molar-refractivity contribution in [2.24, 2.45) is 0 Å². The molecule has 31 unspecified atom stereocenters. The molecule has 0 amide bonds. The quantitative estimate of drug-likeness (QED) is 0.0120. The number of aliphatic hydroxyl groups is 20. The molecule has 0 spiro atoms. The Morgan fingerprint density at radius 3 is 1.15 bits per heavy atom. The Morgan fingerprint density at radius 1 is 0.347 bits per heavy atom. The third-order valence-corrected chi connectivity index (χ3v) is 20.8. The van der Waals surface area contributed by atoms with Gasteiger partial charge in [0.2, 0.25) is 31.5 Å². The predicted molar refractivity (Wildman–Crippen MR) is 402 cm³/mol. The van der Waals surface area contributed by atoms with Gasteiger partial charge in [-0.1, -0.05) is 24.3 Å². The molecule has 31 atom stereocenters. The molecule has 7 heterocycles. The van der Waals surface area contributed by atoms with Crippen molar-refractivity contribution >= 4 is 42.2 Å². The number of esters is 3. The van der Waals surface area contributed by atoms with Gasteiger partial charge in [0.15, 0.2) is 64.5 Å². The number of ether oxygens (including phenoxy) is 17. The van der Waals surface area contributed by atoms with Gasteiger partial charge in [-0.3, -0.25) is 0 Å². The Hall–Kier alpha value is -10.0. The highest BCUT2D eigenvalue weighted by Crippen LogP contribution is 2.48. The highest BCUT2D eigenvalue weighted by molar-refractivity contribution is 5.88. The molecule has 12 rings (SSSR count). The molecule has 678 valence electrons. The summed E-state index contributed by atoms with van der Waals surface area (Å²) in [5.74, 6) is -8.29. The number of hydrogen-bond donors (Lipinski definition) is 25. The minimum Gasteiger partial charge on any atom is -0.508 e. The van der Waals surface area contributed by atoms with Crippen molar-refractivity contribution in [1.82, 2.24) is 0 Å². The number of rotatable bonds is 29. The molecule has 0 bridgehead atoms. The van der Waals surface area contributed by atoms with Crippen LogP contribution in [0.2, 0.25) is 0 Å². The van der Waals surface area contributed by atoms with Crippen LogP contribution in [0.5, 0.6) is 63.2 Å². The minimum atomic E-state index is -2.32. The van der Waals surface area contributed by atoms with Crippen LogP contribution >= 0.6 is 0 Å². The maximum Gasteiger partial charge on any atom is 0.330 e. The highest BCUT2D eigenvalue weighted by atomic mass is 16.8. The van der Waals surface area contributed by atoms with E-state index in [1.165, 1.54) is 61.7 Å². The van der Waals surface area contributed by atoms with Crippen molar-refractivity contribution < 1.29 is 223 Å². The first-order chi connectivity index (χ1) is 59.1. The van der Waals surface area contributed by atoms with Crippen LogP contribution in [0, 0.1) is 0 Å². The SMILES string of the molecule is COc1cc(C2Oc3cc(O)cc(OC4OC(CO)C(O)C(O)C4O)c3C=C2OC2OC(COC(=O)C=Cc3ccc(OC4OC(COC(=O)C=Cc5ccc(O)c(OC6OC(CO)C(O)C(O)C6O)c5)C(O)C(O)C4O)c(O)c3)C(O)C(O)C2OC2OC(COC(=O)C=Cc3ccc(O)c(OC4OC(CO)C(O)C(O)C4O)c3)C(O)C(O)C2O)ccc1O. The third kappa shape index (κ3) is 21.1. The number of carbonyl (C=O) groups is 3. The zero-order valence-electron chi connectivity index (χ0n) is 64.6. The van der Waals surface area contributed by atoms with Crippen LogP contribution in [-0.4, -0.2) is 377 Å². The fourth-order valence-corrected chi connectivity index (χ4v) is 13.7. The number of phenolic OH excluding ortho intramolecular Hbond substituents is 5. The first-order valence-corrected chi connectivity index (χ1v) is 38.0. The van der Waals surface area contributed by atoms with E-state index in [0.717, 1.165) is 72.8 Å². The Balaban J connectivity index is 0.741. The molecule has 45 heteroatoms. The zero-order chi connectivity index (χ0) is 89.6. The smallest absolute Gasteiger partial charge is 0.330 e. The summed E-state index contributed by atoms with van der Waals surface area (Å²) in [5, 5.41) is 268. The van der Waals surface area contributed by atoms with E-state index in [2.05, 4.69) is 0 Å². The molecule has 0 aliphatic carbocycles. The molecular formula is C79H92O45. The maximum atomic E-state index is 13.6. The number of benzene rings is 5. The summed E-state index contributed by atoms with van der Waals surface area (Å²) in [6.45, 7) is -5.12. The Bertz CT molecular complexity index is 4610. The first-order valence-electron chi connectivity index (χ1n) is 38.0. The molecule has 0 radical (unpaired) electrons. The minimum absolute atomic E-state index is 0.0550. The van der Waals surface area contributed by atoms with Crippen molar-refractivity contribution in [2.75, 3.05) is 46.8 Å². The summed E-state index contributed by atoms with van der Waals surface area (Å²) in [6.07, 6.45) is -51.2. The molecule has 7 aliphatic rings. The summed E-state index contributed by atoms with van der Waals surface area (Å²) in [5.41, 5.74) is 0.277. The Morgan fingerprint density at radius 2 is 0.710 bits per heavy atom. The molecule has 7 aliphatic heterocycles. The van der Waals surface area contributed by atoms with Crippen molar-refractivity contribution in [3.8, 4) is 63.2 Å². The van der Waals surface area contributed by atoms with Crippen molar-refractivity contribution in [2.45, 2.75) is 190 Å². The number of aromatic hydroxyl groups is 5. The van der Waals surface area contributed by atoms with E-state index >= 15 is 0 Å². The van der Waals surface area contributed by atoms with Gasteiger partial charge in [-0.05, 0) is 89.5 Å². The van der Waals surface area contributed by atoms with Crippen LogP contribution in [0.1, 0.15) is 33.9 Å². The van der Waals surface area contributed by atoms with Crippen LogP contribution < -0.4 is 28.4 Å². The van der Waals surface area contributed by atoms with E-state index in [9.17, 15) is 142 Å². The van der Waals surface area contributed by atoms with E-state index in [1.807, 2.05) is 0 Å². The highest BCUT2D eigenvalue weighted by Gasteiger charge is 2.55. The second-order valence-corrected chi connectivity index (χ2v) is 29.2. The van der Waals surface area contributed by atoms with Crippen LogP contribution in [0.15, 0.2) is 109 Å². The number of fused-ring (bicyclic) bond motifs is 1. The van der Waals surface area contributed by atoms with Gasteiger partial charge in [-0.25, -0.2) is 14.4 Å². The summed E-state index contributed by atoms with van der Waals surface area (Å²) in [6, 6.07) is 16.5. The number of methoxy groups -OCH3 is 1. The van der Waals surface area contributed by atoms with E-state index in [0.29, 0.717) is 0 Å². The van der Waals surface area contributed by atoms with Crippen LogP contribution in [0.3, 0.4) is 0 Å². The van der Waals surface area contributed by atoms with E-state index in [-0.39, 0.29) is 56.6 Å². The Labute approximate surface area is 699 Å². The van der Waals surface area contributed by atoms with Gasteiger partial charge in [0.25, 0.3) is 0 Å². The van der Waals surface area contributed by atoms with Gasteiger partial charge in [0.05, 0.1) is 32.5 Å². The average molecular weight is 1760 g/mol. The summed E-state index contributed by atoms with van der Waals surface area (Å²) >= 11 is 0. The fraction of sp³-hybridized carbons (Fsp3) is 0.481. The van der Waals surface area contributed by atoms with Gasteiger partial charge < -0.3 is 208 Å². The summed E-state index contributed by atoms with van der Waals surface area (Å²) in [7, 11) is 1.21. The van der Waals surface area contributed by atoms with Gasteiger partial charge in [0, 0.05) is 35.9 Å². The lowest BCUT2D eigenvalue weighted by molar-refractivity contribution is -0.364. The lowest BCUT2D eigenvalue weighted by Crippen LogP contribution is -2.64. The lowest BCUT2D eigenvalue weighted by atomic mass is 9.97. The molecule has 5 aromatic rings. The van der Waals surface area contributed by atoms with Crippen molar-refractivity contribution in [3.63, 3.8) is 0 Å². The van der Waals surface area contributed by atoms with E-state index < -0.39 is 288 Å². The van der Waals surface area contributed by atoms with Crippen LogP contribution in [-0.2, 0) is 66.5 Å². The fourth-order valence-electron chi connectivity index (χ4n) is 13.7. The zero-order valence-corrected chi connectivity index (χ0v) is 64.6. The normalized spacial score (nSPS) is 35.0. The van der Waals surface area contributed by atoms with E-state index in [4.69, 9.17) is 80.5 Å². The molecule has 0 saturated carbocycles. The summed E-state index contributed by atoms with van der Waals surface area (Å²) in [4.78, 5) is 39.8. The molecule has 5 aromatic carbocycles. The third-order valence-electron chi connectivity index (χ3n) is 20.8. The summed E-state index contributed by atoms with van der Waals surface area (Å²) < 4.78 is 97.3. The molecule has 6 saturated heterocycles. The molecule has 25 N–H and O–H groups in total. The van der Waals surface area contributed by atoms with Gasteiger partial charge in [-0.2, -0.15) is 0 Å². The predicted octanol–water partition coefficient (Wildman–Crippen LogP) is -7.15. The van der Waals surface area contributed by atoms with Crippen LogP contribution in [0.4, 0.5) is 0 Å². The Kier molecular flexibility index (Phi) is 30.4. The topological polar surface area (TPSA) is 714 Å². The average Bonchev–Trinajstić information content (AvgIpc) is 0.757. The molecule has 124 heavy (non-hydrogen) atoms. The standard InChI is InChI=1S/C79H92O45/c1-108-42-19-32(8-11-35(42)84)72-45(22-34-40(112-72)20-33(83)21-41(34)114-75-67(103)61(97)55(91)46(23-80)118-75)117-79-73(124-78-71(107)65(101)59(95)50(122-78)27-110-54(90)15-7-31-3-10-37(86)44(18-31)116-77-69(105)63(99)57(93)48(25-82)120-77)66(102)60(96)51(123-79)28-111-52(88)13-5-29-4-12-39(38(87)16-29)113-74-70(106)64(100)58(94)49(121-74)26-109-53(89)14-6-30-2-9-36(85)43(17-30)115-76-68(104)62(98)56(92)47(24-81)119-76/h2-22,46-51,55-87,91-107H,23-28H2,1H3. The number of phenols is 5. The maximum absolute atomic E-state index is 13.6. The van der Waals surface area contributed by atoms with Crippen molar-refractivity contribution in [3.05, 3.63) is 137 Å². The largest absolute Gasteiger partial charge is 0.508 e. The molecule has 6 fully saturated rings. The second kappa shape index (κ2) is 40.5. The first kappa shape index (κ1) is 93.2. The van der Waals surface area contributed by atoms with Gasteiger partial charge in [-0.15, -0.1) is 0 Å².